The Morgan fingerprint density at radius 2 is 2.06 bits per heavy atom. The standard InChI is InChI=1S/C14H30N4/c1-3-5-8-12(4-2)11-16-14(18-15)17-13-9-6-7-10-13/h12-13H,3-11,15H2,1-2H3,(H2,16,17,18). The first-order valence-corrected chi connectivity index (χ1v) is 7.57. The van der Waals surface area contributed by atoms with Crippen molar-refractivity contribution in [2.24, 2.45) is 16.8 Å². The van der Waals surface area contributed by atoms with Crippen LogP contribution in [0, 0.1) is 5.92 Å². The number of nitrogens with zero attached hydrogens (tertiary/aromatic N) is 1. The van der Waals surface area contributed by atoms with E-state index >= 15 is 0 Å². The Balaban J connectivity index is 2.34. The Hall–Kier alpha value is -0.770. The molecule has 1 aliphatic rings. The van der Waals surface area contributed by atoms with Crippen LogP contribution in [-0.2, 0) is 0 Å². The van der Waals surface area contributed by atoms with Crippen LogP contribution in [0.1, 0.15) is 65.2 Å². The van der Waals surface area contributed by atoms with Crippen molar-refractivity contribution < 1.29 is 0 Å². The fourth-order valence-electron chi connectivity index (χ4n) is 2.53. The van der Waals surface area contributed by atoms with Crippen LogP contribution in [0.15, 0.2) is 4.99 Å². The van der Waals surface area contributed by atoms with Gasteiger partial charge in [-0.05, 0) is 25.2 Å². The molecule has 1 unspecified atom stereocenters. The first kappa shape index (κ1) is 15.3. The largest absolute Gasteiger partial charge is 0.353 e. The van der Waals surface area contributed by atoms with Gasteiger partial charge in [0, 0.05) is 12.6 Å². The average molecular weight is 254 g/mol. The summed E-state index contributed by atoms with van der Waals surface area (Å²) in [7, 11) is 0. The highest BCUT2D eigenvalue weighted by Gasteiger charge is 2.15. The highest BCUT2D eigenvalue weighted by atomic mass is 15.3. The number of hydrogen-bond acceptors (Lipinski definition) is 2. The third kappa shape index (κ3) is 5.71. The molecular formula is C14H30N4. The molecule has 1 rings (SSSR count). The van der Waals surface area contributed by atoms with Gasteiger partial charge in [-0.1, -0.05) is 46.0 Å². The number of rotatable bonds is 7. The lowest BCUT2D eigenvalue weighted by molar-refractivity contribution is 0.460. The molecule has 0 aromatic heterocycles. The van der Waals surface area contributed by atoms with E-state index in [1.807, 2.05) is 0 Å². The Bertz CT molecular complexity index is 234. The van der Waals surface area contributed by atoms with Crippen molar-refractivity contribution in [2.75, 3.05) is 6.54 Å². The lowest BCUT2D eigenvalue weighted by atomic mass is 10.00. The molecule has 0 saturated heterocycles. The fraction of sp³-hybridized carbons (Fsp3) is 0.929. The second-order valence-corrected chi connectivity index (χ2v) is 5.38. The van der Waals surface area contributed by atoms with Gasteiger partial charge in [0.1, 0.15) is 0 Å². The number of unbranched alkanes of at least 4 members (excludes halogenated alkanes) is 1. The summed E-state index contributed by atoms with van der Waals surface area (Å²) in [5, 5.41) is 3.42. The summed E-state index contributed by atoms with van der Waals surface area (Å²) in [6.07, 6.45) is 10.2. The van der Waals surface area contributed by atoms with Gasteiger partial charge in [0.05, 0.1) is 0 Å². The molecule has 1 saturated carbocycles. The molecule has 0 bridgehead atoms. The number of nitrogens with one attached hydrogen (secondary N) is 2. The zero-order valence-corrected chi connectivity index (χ0v) is 12.0. The number of aliphatic imine (C=N–C) groups is 1. The number of hydrazine groups is 1. The van der Waals surface area contributed by atoms with Crippen LogP contribution < -0.4 is 16.6 Å². The van der Waals surface area contributed by atoms with E-state index < -0.39 is 0 Å². The molecule has 0 aromatic carbocycles. The Labute approximate surface area is 112 Å². The van der Waals surface area contributed by atoms with Gasteiger partial charge in [-0.3, -0.25) is 10.4 Å². The summed E-state index contributed by atoms with van der Waals surface area (Å²) in [5.74, 6) is 7.00. The van der Waals surface area contributed by atoms with Crippen LogP contribution in [0.5, 0.6) is 0 Å². The van der Waals surface area contributed by atoms with E-state index in [0.717, 1.165) is 12.5 Å². The minimum Gasteiger partial charge on any atom is -0.353 e. The van der Waals surface area contributed by atoms with Gasteiger partial charge in [-0.2, -0.15) is 0 Å². The maximum absolute atomic E-state index is 5.54. The van der Waals surface area contributed by atoms with Crippen LogP contribution in [0.4, 0.5) is 0 Å². The molecule has 0 amide bonds. The molecule has 0 radical (unpaired) electrons. The van der Waals surface area contributed by atoms with Crippen molar-refractivity contribution in [3.05, 3.63) is 0 Å². The lowest BCUT2D eigenvalue weighted by Gasteiger charge is -2.17. The number of hydrogen-bond donors (Lipinski definition) is 3. The summed E-state index contributed by atoms with van der Waals surface area (Å²) >= 11 is 0. The molecule has 0 aliphatic heterocycles. The van der Waals surface area contributed by atoms with Gasteiger partial charge in [0.25, 0.3) is 0 Å². The number of guanidine groups is 1. The minimum atomic E-state index is 0.565. The summed E-state index contributed by atoms with van der Waals surface area (Å²) in [5.41, 5.74) is 2.70. The Morgan fingerprint density at radius 3 is 2.61 bits per heavy atom. The first-order chi connectivity index (χ1) is 8.80. The molecule has 18 heavy (non-hydrogen) atoms. The maximum atomic E-state index is 5.54. The van der Waals surface area contributed by atoms with Crippen LogP contribution in [0.2, 0.25) is 0 Å². The molecule has 1 fully saturated rings. The van der Waals surface area contributed by atoms with E-state index in [0.29, 0.717) is 12.0 Å². The van der Waals surface area contributed by atoms with Crippen molar-refractivity contribution in [1.82, 2.24) is 10.7 Å². The smallest absolute Gasteiger partial charge is 0.205 e. The van der Waals surface area contributed by atoms with Crippen molar-refractivity contribution in [1.29, 1.82) is 0 Å². The predicted octanol–water partition coefficient (Wildman–Crippen LogP) is 2.55. The van der Waals surface area contributed by atoms with E-state index in [1.165, 1.54) is 51.4 Å². The van der Waals surface area contributed by atoms with E-state index in [9.17, 15) is 0 Å². The van der Waals surface area contributed by atoms with E-state index in [4.69, 9.17) is 5.84 Å². The third-order valence-corrected chi connectivity index (χ3v) is 3.88. The average Bonchev–Trinajstić information content (AvgIpc) is 2.90. The molecule has 106 valence electrons. The van der Waals surface area contributed by atoms with Gasteiger partial charge >= 0.3 is 0 Å². The van der Waals surface area contributed by atoms with Gasteiger partial charge in [0.2, 0.25) is 5.96 Å². The van der Waals surface area contributed by atoms with Crippen molar-refractivity contribution in [3.8, 4) is 0 Å². The van der Waals surface area contributed by atoms with Crippen molar-refractivity contribution >= 4 is 5.96 Å². The van der Waals surface area contributed by atoms with Crippen LogP contribution in [-0.4, -0.2) is 18.5 Å². The second-order valence-electron chi connectivity index (χ2n) is 5.38. The Morgan fingerprint density at radius 1 is 1.33 bits per heavy atom. The highest BCUT2D eigenvalue weighted by Crippen LogP contribution is 2.17. The summed E-state index contributed by atoms with van der Waals surface area (Å²) in [4.78, 5) is 4.60. The van der Waals surface area contributed by atoms with Crippen LogP contribution in [0.25, 0.3) is 0 Å². The van der Waals surface area contributed by atoms with Crippen molar-refractivity contribution in [3.63, 3.8) is 0 Å². The molecule has 4 N–H and O–H groups in total. The van der Waals surface area contributed by atoms with Crippen LogP contribution in [0.3, 0.4) is 0 Å². The SMILES string of the molecule is CCCCC(CC)CN=C(NN)NC1CCCC1. The van der Waals surface area contributed by atoms with Crippen molar-refractivity contribution in [2.45, 2.75) is 71.3 Å². The normalized spacial score (nSPS) is 18.9. The summed E-state index contributed by atoms with van der Waals surface area (Å²) < 4.78 is 0. The van der Waals surface area contributed by atoms with Gasteiger partial charge in [-0.25, -0.2) is 5.84 Å². The van der Waals surface area contributed by atoms with Gasteiger partial charge in [0.15, 0.2) is 0 Å². The van der Waals surface area contributed by atoms with E-state index in [1.54, 1.807) is 0 Å². The topological polar surface area (TPSA) is 62.4 Å². The molecule has 1 atom stereocenters. The van der Waals surface area contributed by atoms with E-state index in [-0.39, 0.29) is 0 Å². The third-order valence-electron chi connectivity index (χ3n) is 3.88. The van der Waals surface area contributed by atoms with Gasteiger partial charge < -0.3 is 5.32 Å². The Kier molecular flexibility index (Phi) is 7.81. The molecule has 0 spiro atoms. The molecule has 0 aromatic rings. The van der Waals surface area contributed by atoms with Crippen LogP contribution >= 0.6 is 0 Å². The first-order valence-electron chi connectivity index (χ1n) is 7.57. The summed E-state index contributed by atoms with van der Waals surface area (Å²) in [6, 6.07) is 0.565. The zero-order valence-electron chi connectivity index (χ0n) is 12.0. The molecular weight excluding hydrogens is 224 g/mol. The number of nitrogens with two attached hydrogens (primary N) is 1. The quantitative estimate of drug-likeness (QED) is 0.283. The monoisotopic (exact) mass is 254 g/mol. The summed E-state index contributed by atoms with van der Waals surface area (Å²) in [6.45, 7) is 5.37. The molecule has 1 aliphatic carbocycles. The second kappa shape index (κ2) is 9.20. The molecule has 4 heteroatoms. The van der Waals surface area contributed by atoms with E-state index in [2.05, 4.69) is 29.6 Å². The minimum absolute atomic E-state index is 0.565. The molecule has 4 nitrogen and oxygen atoms in total. The fourth-order valence-corrected chi connectivity index (χ4v) is 2.53. The lowest BCUT2D eigenvalue weighted by Crippen LogP contribution is -2.45. The maximum Gasteiger partial charge on any atom is 0.205 e. The molecule has 0 heterocycles. The predicted molar refractivity (Wildman–Crippen MR) is 78.3 cm³/mol. The highest BCUT2D eigenvalue weighted by molar-refractivity contribution is 5.79. The van der Waals surface area contributed by atoms with Gasteiger partial charge in [-0.15, -0.1) is 0 Å². The zero-order chi connectivity index (χ0) is 13.2.